The van der Waals surface area contributed by atoms with Gasteiger partial charge in [-0.05, 0) is 95.4 Å². The van der Waals surface area contributed by atoms with Crippen molar-refractivity contribution in [3.63, 3.8) is 0 Å². The fourth-order valence-corrected chi connectivity index (χ4v) is 9.27. The summed E-state index contributed by atoms with van der Waals surface area (Å²) in [7, 11) is 0. The van der Waals surface area contributed by atoms with E-state index in [0.29, 0.717) is 0 Å². The summed E-state index contributed by atoms with van der Waals surface area (Å²) in [6.07, 6.45) is 0. The third kappa shape index (κ3) is 4.32. The fourth-order valence-electron chi connectivity index (χ4n) is 9.27. The van der Waals surface area contributed by atoms with Gasteiger partial charge in [0, 0.05) is 49.1 Å². The van der Waals surface area contributed by atoms with Gasteiger partial charge in [0.15, 0.2) is 0 Å². The summed E-state index contributed by atoms with van der Waals surface area (Å²) in [5.74, 6) is 0. The van der Waals surface area contributed by atoms with Crippen molar-refractivity contribution < 1.29 is 0 Å². The number of rotatable bonds is 4. The van der Waals surface area contributed by atoms with Crippen molar-refractivity contribution in [3.8, 4) is 28.2 Å². The highest BCUT2D eigenvalue weighted by Gasteiger charge is 2.21. The Kier molecular flexibility index (Phi) is 6.34. The standard InChI is InChI=1S/C52H33N3/c1-3-16-37(17-4-1)53-46-24-12-10-22-41(46)51-49(53)30-31-50-52(51)43-33-36(27-29-48(43)54(50)38-18-5-2-6-19-38)35-26-28-47-42(32-35)40-21-9-11-23-45(40)55(47)44-25-13-15-34-14-7-8-20-39(34)44/h1-33H. The largest absolute Gasteiger partial charge is 0.309 e. The molecule has 0 atom stereocenters. The Morgan fingerprint density at radius 2 is 0.709 bits per heavy atom. The second-order valence-electron chi connectivity index (χ2n) is 14.5. The van der Waals surface area contributed by atoms with Gasteiger partial charge in [0.05, 0.1) is 38.8 Å². The minimum Gasteiger partial charge on any atom is -0.309 e. The maximum Gasteiger partial charge on any atom is 0.0548 e. The van der Waals surface area contributed by atoms with E-state index in [2.05, 4.69) is 214 Å². The van der Waals surface area contributed by atoms with Gasteiger partial charge in [0.25, 0.3) is 0 Å². The first-order chi connectivity index (χ1) is 27.3. The van der Waals surface area contributed by atoms with Crippen molar-refractivity contribution in [3.05, 3.63) is 200 Å². The maximum atomic E-state index is 2.44. The molecule has 0 aliphatic rings. The summed E-state index contributed by atoms with van der Waals surface area (Å²) in [6.45, 7) is 0. The predicted molar refractivity (Wildman–Crippen MR) is 232 cm³/mol. The molecule has 9 aromatic carbocycles. The Balaban J connectivity index is 1.15. The van der Waals surface area contributed by atoms with E-state index in [1.165, 1.54) is 93.0 Å². The summed E-state index contributed by atoms with van der Waals surface area (Å²) < 4.78 is 7.29. The van der Waals surface area contributed by atoms with Gasteiger partial charge in [-0.25, -0.2) is 0 Å². The summed E-state index contributed by atoms with van der Waals surface area (Å²) >= 11 is 0. The minimum absolute atomic E-state index is 1.16. The molecule has 0 radical (unpaired) electrons. The number of fused-ring (bicyclic) bond motifs is 11. The van der Waals surface area contributed by atoms with Crippen molar-refractivity contribution in [1.82, 2.24) is 13.7 Å². The van der Waals surface area contributed by atoms with Crippen LogP contribution in [0.3, 0.4) is 0 Å². The van der Waals surface area contributed by atoms with Gasteiger partial charge in [0.2, 0.25) is 0 Å². The number of benzene rings is 9. The summed E-state index contributed by atoms with van der Waals surface area (Å²) in [5.41, 5.74) is 13.2. The zero-order valence-corrected chi connectivity index (χ0v) is 29.9. The third-order valence-corrected chi connectivity index (χ3v) is 11.6. The minimum atomic E-state index is 1.16. The molecule has 0 N–H and O–H groups in total. The molecule has 256 valence electrons. The molecule has 0 amide bonds. The lowest BCUT2D eigenvalue weighted by Crippen LogP contribution is -1.95. The van der Waals surface area contributed by atoms with E-state index in [4.69, 9.17) is 0 Å². The highest BCUT2D eigenvalue weighted by molar-refractivity contribution is 6.29. The van der Waals surface area contributed by atoms with Gasteiger partial charge in [-0.2, -0.15) is 0 Å². The molecule has 0 saturated carbocycles. The molecular formula is C52H33N3. The molecule has 0 saturated heterocycles. The highest BCUT2D eigenvalue weighted by Crippen LogP contribution is 2.44. The van der Waals surface area contributed by atoms with Crippen LogP contribution in [0.2, 0.25) is 0 Å². The molecule has 12 aromatic rings. The van der Waals surface area contributed by atoms with Crippen LogP contribution in [0, 0.1) is 0 Å². The van der Waals surface area contributed by atoms with Crippen molar-refractivity contribution in [2.24, 2.45) is 0 Å². The van der Waals surface area contributed by atoms with Crippen LogP contribution >= 0.6 is 0 Å². The molecule has 3 aromatic heterocycles. The Bertz CT molecular complexity index is 3470. The second kappa shape index (κ2) is 11.6. The van der Waals surface area contributed by atoms with Crippen LogP contribution < -0.4 is 0 Å². The molecule has 0 aliphatic carbocycles. The molecule has 0 fully saturated rings. The quantitative estimate of drug-likeness (QED) is 0.174. The normalized spacial score (nSPS) is 12.0. The van der Waals surface area contributed by atoms with Crippen LogP contribution in [-0.4, -0.2) is 13.7 Å². The van der Waals surface area contributed by atoms with Gasteiger partial charge in [-0.3, -0.25) is 0 Å². The van der Waals surface area contributed by atoms with Crippen molar-refractivity contribution in [1.29, 1.82) is 0 Å². The third-order valence-electron chi connectivity index (χ3n) is 11.6. The van der Waals surface area contributed by atoms with E-state index in [0.717, 1.165) is 11.4 Å². The smallest absolute Gasteiger partial charge is 0.0548 e. The van der Waals surface area contributed by atoms with Crippen molar-refractivity contribution in [2.75, 3.05) is 0 Å². The van der Waals surface area contributed by atoms with Crippen LogP contribution in [0.1, 0.15) is 0 Å². The summed E-state index contributed by atoms with van der Waals surface area (Å²) in [5, 5.41) is 10.1. The number of hydrogen-bond donors (Lipinski definition) is 0. The van der Waals surface area contributed by atoms with Crippen molar-refractivity contribution >= 4 is 76.2 Å². The van der Waals surface area contributed by atoms with Gasteiger partial charge >= 0.3 is 0 Å². The Hall–Kier alpha value is -7.36. The van der Waals surface area contributed by atoms with Gasteiger partial charge in [-0.15, -0.1) is 0 Å². The van der Waals surface area contributed by atoms with Gasteiger partial charge < -0.3 is 13.7 Å². The zero-order chi connectivity index (χ0) is 36.0. The molecule has 0 unspecified atom stereocenters. The lowest BCUT2D eigenvalue weighted by molar-refractivity contribution is 1.17. The van der Waals surface area contributed by atoms with E-state index >= 15 is 0 Å². The molecule has 0 aliphatic heterocycles. The average molecular weight is 700 g/mol. The molecule has 3 heterocycles. The fraction of sp³-hybridized carbons (Fsp3) is 0. The van der Waals surface area contributed by atoms with Gasteiger partial charge in [-0.1, -0.05) is 121 Å². The Morgan fingerprint density at radius 3 is 1.38 bits per heavy atom. The van der Waals surface area contributed by atoms with Crippen LogP contribution in [0.25, 0.3) is 104 Å². The molecule has 0 spiro atoms. The van der Waals surface area contributed by atoms with Crippen LogP contribution in [0.15, 0.2) is 200 Å². The molecule has 3 nitrogen and oxygen atoms in total. The molecule has 0 bridgehead atoms. The number of aromatic nitrogens is 3. The second-order valence-corrected chi connectivity index (χ2v) is 14.5. The first-order valence-corrected chi connectivity index (χ1v) is 18.9. The van der Waals surface area contributed by atoms with E-state index in [-0.39, 0.29) is 0 Å². The molecular weight excluding hydrogens is 667 g/mol. The summed E-state index contributed by atoms with van der Waals surface area (Å²) in [4.78, 5) is 0. The number of hydrogen-bond acceptors (Lipinski definition) is 0. The molecule has 55 heavy (non-hydrogen) atoms. The topological polar surface area (TPSA) is 14.8 Å². The lowest BCUT2D eigenvalue weighted by atomic mass is 9.99. The first-order valence-electron chi connectivity index (χ1n) is 18.9. The van der Waals surface area contributed by atoms with Gasteiger partial charge in [0.1, 0.15) is 0 Å². The Morgan fingerprint density at radius 1 is 0.255 bits per heavy atom. The highest BCUT2D eigenvalue weighted by atomic mass is 15.0. The number of nitrogens with zero attached hydrogens (tertiary/aromatic N) is 3. The summed E-state index contributed by atoms with van der Waals surface area (Å²) in [6, 6.07) is 73.2. The van der Waals surface area contributed by atoms with E-state index in [1.54, 1.807) is 0 Å². The predicted octanol–water partition coefficient (Wildman–Crippen LogP) is 13.8. The zero-order valence-electron chi connectivity index (χ0n) is 29.9. The monoisotopic (exact) mass is 699 g/mol. The Labute approximate surface area is 317 Å². The first kappa shape index (κ1) is 30.1. The maximum absolute atomic E-state index is 2.44. The van der Waals surface area contributed by atoms with E-state index < -0.39 is 0 Å². The average Bonchev–Trinajstić information content (AvgIpc) is 3.89. The molecule has 3 heteroatoms. The van der Waals surface area contributed by atoms with Crippen LogP contribution in [-0.2, 0) is 0 Å². The SMILES string of the molecule is c1ccc(-n2c3ccccc3c3c4c5cc(-c6ccc7c(c6)c6ccccc6n7-c6cccc7ccccc67)ccc5n(-c5ccccc5)c4ccc32)cc1. The lowest BCUT2D eigenvalue weighted by Gasteiger charge is -2.12. The van der Waals surface area contributed by atoms with Crippen LogP contribution in [0.4, 0.5) is 0 Å². The number of para-hydroxylation sites is 4. The molecule has 12 rings (SSSR count). The van der Waals surface area contributed by atoms with E-state index in [1.807, 2.05) is 0 Å². The van der Waals surface area contributed by atoms with E-state index in [9.17, 15) is 0 Å². The van der Waals surface area contributed by atoms with Crippen LogP contribution in [0.5, 0.6) is 0 Å². The van der Waals surface area contributed by atoms with Crippen molar-refractivity contribution in [2.45, 2.75) is 0 Å².